The van der Waals surface area contributed by atoms with Gasteiger partial charge in [-0.15, -0.1) is 0 Å². The smallest absolute Gasteiger partial charge is 0.187 e. The summed E-state index contributed by atoms with van der Waals surface area (Å²) in [4.78, 5) is 2.05. The number of benzene rings is 1. The average molecular weight is 278 g/mol. The molecular weight excluding hydrogens is 256 g/mol. The molecular formula is C14H22N4S. The van der Waals surface area contributed by atoms with Gasteiger partial charge >= 0.3 is 0 Å². The van der Waals surface area contributed by atoms with E-state index < -0.39 is 0 Å². The number of hydrazone groups is 1. The summed E-state index contributed by atoms with van der Waals surface area (Å²) in [5.74, 6) is 0. The third-order valence-corrected chi connectivity index (χ3v) is 2.75. The van der Waals surface area contributed by atoms with Crippen LogP contribution in [0.2, 0.25) is 0 Å². The minimum absolute atomic E-state index is 0.230. The highest BCUT2D eigenvalue weighted by Gasteiger charge is 2.21. The Bertz CT molecular complexity index is 457. The lowest BCUT2D eigenvalue weighted by Crippen LogP contribution is -2.44. The highest BCUT2D eigenvalue weighted by molar-refractivity contribution is 7.80. The SMILES string of the molecule is CN(C)c1ccc(/C=N/N(C(N)=S)C(C)(C)C)cc1. The molecule has 0 amide bonds. The van der Waals surface area contributed by atoms with Gasteiger partial charge in [0.15, 0.2) is 5.11 Å². The minimum atomic E-state index is -0.230. The van der Waals surface area contributed by atoms with Gasteiger partial charge in [-0.05, 0) is 50.7 Å². The lowest BCUT2D eigenvalue weighted by molar-refractivity contribution is 0.250. The highest BCUT2D eigenvalue weighted by atomic mass is 32.1. The maximum Gasteiger partial charge on any atom is 0.187 e. The van der Waals surface area contributed by atoms with Crippen LogP contribution in [0.1, 0.15) is 26.3 Å². The first-order valence-corrected chi connectivity index (χ1v) is 6.53. The second-order valence-electron chi connectivity index (χ2n) is 5.55. The molecule has 5 heteroatoms. The van der Waals surface area contributed by atoms with E-state index in [2.05, 4.69) is 10.0 Å². The van der Waals surface area contributed by atoms with Gasteiger partial charge in [-0.1, -0.05) is 12.1 Å². The normalized spacial score (nSPS) is 11.6. The molecule has 4 nitrogen and oxygen atoms in total. The molecule has 0 saturated carbocycles. The molecule has 0 aliphatic heterocycles. The Morgan fingerprint density at radius 3 is 2.11 bits per heavy atom. The zero-order valence-electron chi connectivity index (χ0n) is 12.2. The summed E-state index contributed by atoms with van der Waals surface area (Å²) < 4.78 is 0. The zero-order chi connectivity index (χ0) is 14.6. The van der Waals surface area contributed by atoms with Crippen LogP contribution >= 0.6 is 12.2 Å². The maximum absolute atomic E-state index is 5.69. The zero-order valence-corrected chi connectivity index (χ0v) is 13.0. The van der Waals surface area contributed by atoms with Crippen LogP contribution in [0.4, 0.5) is 5.69 Å². The van der Waals surface area contributed by atoms with Crippen molar-refractivity contribution in [3.63, 3.8) is 0 Å². The largest absolute Gasteiger partial charge is 0.378 e. The summed E-state index contributed by atoms with van der Waals surface area (Å²) in [5.41, 5.74) is 7.62. The third kappa shape index (κ3) is 4.52. The van der Waals surface area contributed by atoms with Gasteiger partial charge in [0.1, 0.15) is 0 Å². The van der Waals surface area contributed by atoms with Gasteiger partial charge < -0.3 is 10.6 Å². The first-order chi connectivity index (χ1) is 8.71. The molecule has 0 saturated heterocycles. The predicted octanol–water partition coefficient (Wildman–Crippen LogP) is 2.43. The number of nitrogens with two attached hydrogens (primary N) is 1. The fourth-order valence-corrected chi connectivity index (χ4v) is 1.86. The number of anilines is 1. The molecule has 0 heterocycles. The Labute approximate surface area is 120 Å². The van der Waals surface area contributed by atoms with E-state index in [1.807, 2.05) is 59.1 Å². The molecule has 0 aromatic heterocycles. The van der Waals surface area contributed by atoms with Crippen molar-refractivity contribution in [3.8, 4) is 0 Å². The monoisotopic (exact) mass is 278 g/mol. The molecule has 0 unspecified atom stereocenters. The van der Waals surface area contributed by atoms with Gasteiger partial charge in [-0.25, -0.2) is 5.01 Å². The minimum Gasteiger partial charge on any atom is -0.378 e. The molecule has 0 bridgehead atoms. The van der Waals surface area contributed by atoms with Crippen LogP contribution in [0.5, 0.6) is 0 Å². The van der Waals surface area contributed by atoms with E-state index in [0.29, 0.717) is 0 Å². The number of hydrogen-bond donors (Lipinski definition) is 1. The molecule has 1 rings (SSSR count). The second kappa shape index (κ2) is 6.02. The van der Waals surface area contributed by atoms with Crippen LogP contribution in [0, 0.1) is 0 Å². The first-order valence-electron chi connectivity index (χ1n) is 6.13. The van der Waals surface area contributed by atoms with E-state index in [1.54, 1.807) is 11.2 Å². The van der Waals surface area contributed by atoms with Crippen molar-refractivity contribution in [2.24, 2.45) is 10.8 Å². The quantitative estimate of drug-likeness (QED) is 0.524. The fraction of sp³-hybridized carbons (Fsp3) is 0.429. The summed E-state index contributed by atoms with van der Waals surface area (Å²) in [5, 5.41) is 6.28. The summed E-state index contributed by atoms with van der Waals surface area (Å²) in [7, 11) is 4.02. The third-order valence-electron chi connectivity index (χ3n) is 2.58. The van der Waals surface area contributed by atoms with Crippen molar-refractivity contribution < 1.29 is 0 Å². The molecule has 0 radical (unpaired) electrons. The number of thiocarbonyl (C=S) groups is 1. The molecule has 1 aromatic rings. The van der Waals surface area contributed by atoms with Crippen molar-refractivity contribution in [1.82, 2.24) is 5.01 Å². The molecule has 0 fully saturated rings. The molecule has 104 valence electrons. The van der Waals surface area contributed by atoms with Crippen LogP contribution in [-0.4, -0.2) is 36.0 Å². The number of hydrogen-bond acceptors (Lipinski definition) is 3. The first kappa shape index (κ1) is 15.4. The molecule has 0 aliphatic rings. The van der Waals surface area contributed by atoms with Crippen LogP contribution in [0.3, 0.4) is 0 Å². The van der Waals surface area contributed by atoms with Crippen LogP contribution in [-0.2, 0) is 0 Å². The van der Waals surface area contributed by atoms with E-state index in [1.165, 1.54) is 0 Å². The molecule has 0 spiro atoms. The standard InChI is InChI=1S/C14H22N4S/c1-14(2,3)18(13(15)19)16-10-11-6-8-12(9-7-11)17(4)5/h6-10H,1-5H3,(H2,15,19)/b16-10+. The van der Waals surface area contributed by atoms with Gasteiger partial charge in [0.05, 0.1) is 11.8 Å². The molecule has 1 aromatic carbocycles. The summed E-state index contributed by atoms with van der Waals surface area (Å²) in [6.45, 7) is 6.04. The van der Waals surface area contributed by atoms with Crippen LogP contribution in [0.25, 0.3) is 0 Å². The number of rotatable bonds is 3. The van der Waals surface area contributed by atoms with Crippen molar-refractivity contribution in [2.75, 3.05) is 19.0 Å². The topological polar surface area (TPSA) is 44.9 Å². The van der Waals surface area contributed by atoms with Crippen molar-refractivity contribution >= 4 is 29.2 Å². The van der Waals surface area contributed by atoms with Crippen molar-refractivity contribution in [3.05, 3.63) is 29.8 Å². The van der Waals surface area contributed by atoms with Crippen molar-refractivity contribution in [2.45, 2.75) is 26.3 Å². The van der Waals surface area contributed by atoms with E-state index in [9.17, 15) is 0 Å². The van der Waals surface area contributed by atoms with Crippen LogP contribution in [0.15, 0.2) is 29.4 Å². The summed E-state index contributed by atoms with van der Waals surface area (Å²) >= 11 is 5.02. The Kier molecular flexibility index (Phi) is 4.89. The van der Waals surface area contributed by atoms with E-state index in [0.717, 1.165) is 11.3 Å². The Morgan fingerprint density at radius 1 is 1.21 bits per heavy atom. The van der Waals surface area contributed by atoms with Gasteiger partial charge in [0, 0.05) is 19.8 Å². The molecule has 0 aliphatic carbocycles. The number of nitrogens with zero attached hydrogens (tertiary/aromatic N) is 3. The average Bonchev–Trinajstić information content (AvgIpc) is 2.27. The Hall–Kier alpha value is -1.62. The van der Waals surface area contributed by atoms with Gasteiger partial charge in [-0.3, -0.25) is 0 Å². The van der Waals surface area contributed by atoms with E-state index in [-0.39, 0.29) is 10.7 Å². The summed E-state index contributed by atoms with van der Waals surface area (Å²) in [6.07, 6.45) is 1.77. The fourth-order valence-electron chi connectivity index (χ4n) is 1.54. The molecule has 0 atom stereocenters. The van der Waals surface area contributed by atoms with E-state index in [4.69, 9.17) is 18.0 Å². The Balaban J connectivity index is 2.88. The predicted molar refractivity (Wildman–Crippen MR) is 86.7 cm³/mol. The van der Waals surface area contributed by atoms with Gasteiger partial charge in [0.25, 0.3) is 0 Å². The highest BCUT2D eigenvalue weighted by Crippen LogP contribution is 2.14. The van der Waals surface area contributed by atoms with Gasteiger partial charge in [0.2, 0.25) is 0 Å². The second-order valence-corrected chi connectivity index (χ2v) is 5.97. The lowest BCUT2D eigenvalue weighted by Gasteiger charge is -2.31. The van der Waals surface area contributed by atoms with E-state index >= 15 is 0 Å². The molecule has 19 heavy (non-hydrogen) atoms. The lowest BCUT2D eigenvalue weighted by atomic mass is 10.1. The summed E-state index contributed by atoms with van der Waals surface area (Å²) in [6, 6.07) is 8.12. The van der Waals surface area contributed by atoms with Crippen LogP contribution < -0.4 is 10.6 Å². The van der Waals surface area contributed by atoms with Crippen molar-refractivity contribution in [1.29, 1.82) is 0 Å². The molecule has 2 N–H and O–H groups in total. The maximum atomic E-state index is 5.69. The van der Waals surface area contributed by atoms with Gasteiger partial charge in [-0.2, -0.15) is 5.10 Å². The Morgan fingerprint density at radius 2 is 1.74 bits per heavy atom.